The average Bonchev–Trinajstić information content (AvgIpc) is 2.73. The second kappa shape index (κ2) is 8.06. The van der Waals surface area contributed by atoms with Crippen LogP contribution in [0.1, 0.15) is 57.4 Å². The maximum absolute atomic E-state index is 12.5. The van der Waals surface area contributed by atoms with E-state index in [-0.39, 0.29) is 0 Å². The molecule has 3 heteroatoms. The predicted molar refractivity (Wildman–Crippen MR) is 87.8 cm³/mol. The molecule has 21 heavy (non-hydrogen) atoms. The Hall–Kier alpha value is -1.51. The lowest BCUT2D eigenvalue weighted by molar-refractivity contribution is -0.132. The number of hydrogen-bond acceptors (Lipinski definition) is 2. The van der Waals surface area contributed by atoms with Crippen LogP contribution in [-0.4, -0.2) is 17.4 Å². The SMILES string of the molecule is CCN(Cc1cccc(N)c1)C(=O)CC1CCCCCC1. The fourth-order valence-corrected chi connectivity index (χ4v) is 3.23. The Morgan fingerprint density at radius 1 is 1.24 bits per heavy atom. The molecule has 1 amide bonds. The standard InChI is InChI=1S/C18H28N2O/c1-2-20(14-16-10-7-11-17(19)12-16)18(21)13-15-8-5-3-4-6-9-15/h7,10-12,15H,2-6,8-9,13-14,19H2,1H3. The van der Waals surface area contributed by atoms with E-state index in [1.54, 1.807) is 0 Å². The van der Waals surface area contributed by atoms with Crippen molar-refractivity contribution in [2.45, 2.75) is 58.4 Å². The number of carbonyl (C=O) groups excluding carboxylic acids is 1. The zero-order valence-electron chi connectivity index (χ0n) is 13.2. The molecule has 0 unspecified atom stereocenters. The van der Waals surface area contributed by atoms with Gasteiger partial charge in [-0.25, -0.2) is 0 Å². The van der Waals surface area contributed by atoms with Gasteiger partial charge < -0.3 is 10.6 Å². The lowest BCUT2D eigenvalue weighted by atomic mass is 9.96. The lowest BCUT2D eigenvalue weighted by Crippen LogP contribution is -2.31. The highest BCUT2D eigenvalue weighted by molar-refractivity contribution is 5.76. The molecule has 1 aromatic carbocycles. The van der Waals surface area contributed by atoms with Crippen molar-refractivity contribution in [3.8, 4) is 0 Å². The van der Waals surface area contributed by atoms with Gasteiger partial charge in [-0.3, -0.25) is 4.79 Å². The summed E-state index contributed by atoms with van der Waals surface area (Å²) in [7, 11) is 0. The van der Waals surface area contributed by atoms with Crippen LogP contribution in [0.3, 0.4) is 0 Å². The second-order valence-electron chi connectivity index (χ2n) is 6.21. The van der Waals surface area contributed by atoms with Crippen LogP contribution in [0.2, 0.25) is 0 Å². The topological polar surface area (TPSA) is 46.3 Å². The molecule has 0 aliphatic heterocycles. The quantitative estimate of drug-likeness (QED) is 0.658. The van der Waals surface area contributed by atoms with Crippen molar-refractivity contribution in [1.82, 2.24) is 4.90 Å². The maximum Gasteiger partial charge on any atom is 0.223 e. The van der Waals surface area contributed by atoms with Gasteiger partial charge in [0, 0.05) is 25.2 Å². The zero-order valence-corrected chi connectivity index (χ0v) is 13.2. The molecule has 3 nitrogen and oxygen atoms in total. The second-order valence-corrected chi connectivity index (χ2v) is 6.21. The van der Waals surface area contributed by atoms with E-state index in [2.05, 4.69) is 6.92 Å². The number of anilines is 1. The van der Waals surface area contributed by atoms with Crippen LogP contribution >= 0.6 is 0 Å². The Kier molecular flexibility index (Phi) is 6.09. The minimum Gasteiger partial charge on any atom is -0.399 e. The van der Waals surface area contributed by atoms with Crippen molar-refractivity contribution in [2.24, 2.45) is 5.92 Å². The molecular formula is C18H28N2O. The number of rotatable bonds is 5. The Labute approximate surface area is 128 Å². The third-order valence-electron chi connectivity index (χ3n) is 4.50. The largest absolute Gasteiger partial charge is 0.399 e. The molecule has 0 heterocycles. The minimum absolute atomic E-state index is 0.298. The van der Waals surface area contributed by atoms with Gasteiger partial charge in [0.2, 0.25) is 5.91 Å². The number of amides is 1. The fraction of sp³-hybridized carbons (Fsp3) is 0.611. The van der Waals surface area contributed by atoms with Crippen LogP contribution < -0.4 is 5.73 Å². The van der Waals surface area contributed by atoms with Crippen molar-refractivity contribution in [2.75, 3.05) is 12.3 Å². The summed E-state index contributed by atoms with van der Waals surface area (Å²) in [6, 6.07) is 7.83. The molecule has 1 aliphatic rings. The molecule has 1 saturated carbocycles. The molecule has 0 atom stereocenters. The molecule has 1 fully saturated rings. The highest BCUT2D eigenvalue weighted by Crippen LogP contribution is 2.26. The van der Waals surface area contributed by atoms with E-state index in [1.165, 1.54) is 38.5 Å². The predicted octanol–water partition coefficient (Wildman–Crippen LogP) is 3.98. The average molecular weight is 288 g/mol. The van der Waals surface area contributed by atoms with E-state index < -0.39 is 0 Å². The zero-order chi connectivity index (χ0) is 15.1. The number of hydrogen-bond donors (Lipinski definition) is 1. The monoisotopic (exact) mass is 288 g/mol. The Morgan fingerprint density at radius 2 is 1.95 bits per heavy atom. The first-order valence-electron chi connectivity index (χ1n) is 8.31. The summed E-state index contributed by atoms with van der Waals surface area (Å²) in [6.07, 6.45) is 8.43. The molecule has 0 aromatic heterocycles. The Bertz CT molecular complexity index is 450. The van der Waals surface area contributed by atoms with Crippen molar-refractivity contribution in [3.05, 3.63) is 29.8 Å². The molecule has 116 valence electrons. The van der Waals surface area contributed by atoms with E-state index in [0.717, 1.165) is 24.2 Å². The molecule has 0 radical (unpaired) electrons. The van der Waals surface area contributed by atoms with E-state index >= 15 is 0 Å². The van der Waals surface area contributed by atoms with Crippen LogP contribution in [-0.2, 0) is 11.3 Å². The van der Waals surface area contributed by atoms with E-state index in [1.807, 2.05) is 29.2 Å². The summed E-state index contributed by atoms with van der Waals surface area (Å²) in [5.41, 5.74) is 7.70. The van der Waals surface area contributed by atoms with Crippen LogP contribution in [0.5, 0.6) is 0 Å². The summed E-state index contributed by atoms with van der Waals surface area (Å²) in [5.74, 6) is 0.890. The highest BCUT2D eigenvalue weighted by atomic mass is 16.2. The van der Waals surface area contributed by atoms with Gasteiger partial charge in [-0.1, -0.05) is 37.8 Å². The van der Waals surface area contributed by atoms with E-state index in [9.17, 15) is 4.79 Å². The summed E-state index contributed by atoms with van der Waals surface area (Å²) in [6.45, 7) is 3.49. The van der Waals surface area contributed by atoms with Gasteiger partial charge in [0.1, 0.15) is 0 Å². The van der Waals surface area contributed by atoms with E-state index in [0.29, 0.717) is 18.4 Å². The van der Waals surface area contributed by atoms with Gasteiger partial charge in [0.25, 0.3) is 0 Å². The van der Waals surface area contributed by atoms with Gasteiger partial charge in [-0.05, 0) is 43.4 Å². The smallest absolute Gasteiger partial charge is 0.223 e. The molecule has 2 N–H and O–H groups in total. The molecule has 0 saturated heterocycles. The third kappa shape index (κ3) is 5.07. The molecule has 0 bridgehead atoms. The third-order valence-corrected chi connectivity index (χ3v) is 4.50. The van der Waals surface area contributed by atoms with Crippen LogP contribution in [0, 0.1) is 5.92 Å². The first-order valence-corrected chi connectivity index (χ1v) is 8.31. The van der Waals surface area contributed by atoms with Gasteiger partial charge in [-0.2, -0.15) is 0 Å². The summed E-state index contributed by atoms with van der Waals surface area (Å²) in [4.78, 5) is 14.5. The number of nitrogen functional groups attached to an aromatic ring is 1. The lowest BCUT2D eigenvalue weighted by Gasteiger charge is -2.24. The number of nitrogens with two attached hydrogens (primary N) is 1. The Morgan fingerprint density at radius 3 is 2.57 bits per heavy atom. The molecule has 2 rings (SSSR count). The van der Waals surface area contributed by atoms with Gasteiger partial charge in [0.05, 0.1) is 0 Å². The Balaban J connectivity index is 1.91. The van der Waals surface area contributed by atoms with Crippen molar-refractivity contribution >= 4 is 11.6 Å². The first kappa shape index (κ1) is 15.9. The number of nitrogens with zero attached hydrogens (tertiary/aromatic N) is 1. The van der Waals surface area contributed by atoms with Crippen LogP contribution in [0.25, 0.3) is 0 Å². The van der Waals surface area contributed by atoms with Gasteiger partial charge in [0.15, 0.2) is 0 Å². The minimum atomic E-state index is 0.298. The fourth-order valence-electron chi connectivity index (χ4n) is 3.23. The molecular weight excluding hydrogens is 260 g/mol. The molecule has 1 aromatic rings. The number of benzene rings is 1. The molecule has 1 aliphatic carbocycles. The van der Waals surface area contributed by atoms with E-state index in [4.69, 9.17) is 5.73 Å². The highest BCUT2D eigenvalue weighted by Gasteiger charge is 2.19. The van der Waals surface area contributed by atoms with Crippen LogP contribution in [0.4, 0.5) is 5.69 Å². The van der Waals surface area contributed by atoms with Crippen molar-refractivity contribution in [1.29, 1.82) is 0 Å². The number of carbonyl (C=O) groups is 1. The normalized spacial score (nSPS) is 16.4. The maximum atomic E-state index is 12.5. The summed E-state index contributed by atoms with van der Waals surface area (Å²) in [5, 5.41) is 0. The van der Waals surface area contributed by atoms with Crippen molar-refractivity contribution in [3.63, 3.8) is 0 Å². The molecule has 0 spiro atoms. The summed E-state index contributed by atoms with van der Waals surface area (Å²) >= 11 is 0. The van der Waals surface area contributed by atoms with Gasteiger partial charge in [-0.15, -0.1) is 0 Å². The first-order chi connectivity index (χ1) is 10.2. The van der Waals surface area contributed by atoms with Crippen molar-refractivity contribution < 1.29 is 4.79 Å². The van der Waals surface area contributed by atoms with Gasteiger partial charge >= 0.3 is 0 Å². The van der Waals surface area contributed by atoms with Crippen LogP contribution in [0.15, 0.2) is 24.3 Å². The summed E-state index contributed by atoms with van der Waals surface area (Å²) < 4.78 is 0.